The van der Waals surface area contributed by atoms with Gasteiger partial charge >= 0.3 is 5.97 Å². The van der Waals surface area contributed by atoms with Gasteiger partial charge in [-0.3, -0.25) is 4.79 Å². The Labute approximate surface area is 128 Å². The molecule has 0 aliphatic carbocycles. The predicted molar refractivity (Wildman–Crippen MR) is 75.8 cm³/mol. The molecule has 0 radical (unpaired) electrons. The monoisotopic (exact) mass is 335 g/mol. The Bertz CT molecular complexity index is 605. The number of carbonyl (C=O) groups is 1. The van der Waals surface area contributed by atoms with Crippen molar-refractivity contribution in [1.82, 2.24) is 4.72 Å². The maximum absolute atomic E-state index is 13.3. The Kier molecular flexibility index (Phi) is 7.22. The van der Waals surface area contributed by atoms with Crippen LogP contribution in [0.5, 0.6) is 5.75 Å². The maximum atomic E-state index is 13.3. The van der Waals surface area contributed by atoms with E-state index in [2.05, 4.69) is 4.72 Å². The van der Waals surface area contributed by atoms with Crippen LogP contribution in [0.15, 0.2) is 23.1 Å². The molecule has 7 nitrogen and oxygen atoms in total. The maximum Gasteiger partial charge on any atom is 0.303 e. The highest BCUT2D eigenvalue weighted by atomic mass is 32.2. The van der Waals surface area contributed by atoms with E-state index in [0.29, 0.717) is 0 Å². The van der Waals surface area contributed by atoms with Gasteiger partial charge < -0.3 is 14.6 Å². The molecular formula is C13H18FNO6S. The molecule has 0 amide bonds. The number of rotatable bonds is 10. The van der Waals surface area contributed by atoms with Gasteiger partial charge in [-0.1, -0.05) is 0 Å². The van der Waals surface area contributed by atoms with Crippen LogP contribution in [0.4, 0.5) is 4.39 Å². The first kappa shape index (κ1) is 18.3. The van der Waals surface area contributed by atoms with Gasteiger partial charge in [0.1, 0.15) is 23.1 Å². The van der Waals surface area contributed by atoms with Crippen LogP contribution < -0.4 is 9.46 Å². The van der Waals surface area contributed by atoms with Crippen molar-refractivity contribution in [2.24, 2.45) is 0 Å². The molecule has 0 atom stereocenters. The minimum atomic E-state index is -4.00. The number of carboxylic acids is 1. The molecule has 0 aliphatic heterocycles. The number of carboxylic acid groups (broad SMARTS) is 1. The molecule has 0 fully saturated rings. The molecule has 9 heteroatoms. The highest BCUT2D eigenvalue weighted by Gasteiger charge is 2.20. The second-order valence-corrected chi connectivity index (χ2v) is 6.06. The van der Waals surface area contributed by atoms with E-state index in [0.717, 1.165) is 12.1 Å². The van der Waals surface area contributed by atoms with Crippen LogP contribution >= 0.6 is 0 Å². The summed E-state index contributed by atoms with van der Waals surface area (Å²) in [5.74, 6) is -1.73. The summed E-state index contributed by atoms with van der Waals surface area (Å²) in [6.07, 6.45) is -0.0351. The summed E-state index contributed by atoms with van der Waals surface area (Å²) < 4.78 is 49.9. The zero-order valence-corrected chi connectivity index (χ0v) is 12.9. The lowest BCUT2D eigenvalue weighted by Gasteiger charge is -2.12. The van der Waals surface area contributed by atoms with Crippen LogP contribution in [-0.2, 0) is 19.6 Å². The normalized spacial score (nSPS) is 11.4. The third-order valence-electron chi connectivity index (χ3n) is 2.60. The van der Waals surface area contributed by atoms with E-state index >= 15 is 0 Å². The topological polar surface area (TPSA) is 102 Å². The average molecular weight is 335 g/mol. The van der Waals surface area contributed by atoms with Gasteiger partial charge in [-0.05, 0) is 24.6 Å². The summed E-state index contributed by atoms with van der Waals surface area (Å²) in [7, 11) is -2.53. The third-order valence-corrected chi connectivity index (χ3v) is 4.08. The molecule has 0 spiro atoms. The molecule has 0 unspecified atom stereocenters. The SMILES string of the molecule is COCCOc1ccc(F)cc1S(=O)(=O)NCCCC(=O)O. The fraction of sp³-hybridized carbons (Fsp3) is 0.462. The summed E-state index contributed by atoms with van der Waals surface area (Å²) >= 11 is 0. The number of benzene rings is 1. The number of hydrogen-bond donors (Lipinski definition) is 2. The summed E-state index contributed by atoms with van der Waals surface area (Å²) in [5, 5.41) is 8.50. The van der Waals surface area contributed by atoms with Crippen molar-refractivity contribution in [3.05, 3.63) is 24.0 Å². The second-order valence-electron chi connectivity index (χ2n) is 4.33. The van der Waals surface area contributed by atoms with Crippen molar-refractivity contribution in [2.45, 2.75) is 17.7 Å². The van der Waals surface area contributed by atoms with Gasteiger partial charge in [-0.2, -0.15) is 0 Å². The largest absolute Gasteiger partial charge is 0.490 e. The molecule has 2 N–H and O–H groups in total. The molecule has 1 aromatic carbocycles. The van der Waals surface area contributed by atoms with E-state index < -0.39 is 21.8 Å². The van der Waals surface area contributed by atoms with Gasteiger partial charge in [-0.15, -0.1) is 0 Å². The van der Waals surface area contributed by atoms with Gasteiger partial charge in [0, 0.05) is 20.1 Å². The molecule has 0 aliphatic rings. The van der Waals surface area contributed by atoms with E-state index in [1.54, 1.807) is 0 Å². The van der Waals surface area contributed by atoms with Gasteiger partial charge in [0.25, 0.3) is 0 Å². The van der Waals surface area contributed by atoms with Crippen LogP contribution in [0.2, 0.25) is 0 Å². The lowest BCUT2D eigenvalue weighted by molar-refractivity contribution is -0.137. The van der Waals surface area contributed by atoms with Crippen LogP contribution in [0.25, 0.3) is 0 Å². The quantitative estimate of drug-likeness (QED) is 0.618. The van der Waals surface area contributed by atoms with Gasteiger partial charge in [0.2, 0.25) is 10.0 Å². The van der Waals surface area contributed by atoms with Crippen molar-refractivity contribution >= 4 is 16.0 Å². The summed E-state index contributed by atoms with van der Waals surface area (Å²) in [4.78, 5) is 10.0. The van der Waals surface area contributed by atoms with E-state index in [1.165, 1.54) is 13.2 Å². The first-order chi connectivity index (χ1) is 10.4. The smallest absolute Gasteiger partial charge is 0.303 e. The summed E-state index contributed by atoms with van der Waals surface area (Å²) in [5.41, 5.74) is 0. The zero-order chi connectivity index (χ0) is 16.6. The summed E-state index contributed by atoms with van der Waals surface area (Å²) in [6, 6.07) is 3.16. The first-order valence-electron chi connectivity index (χ1n) is 6.49. The molecule has 0 saturated carbocycles. The van der Waals surface area contributed by atoms with Crippen LogP contribution in [-0.4, -0.2) is 46.4 Å². The molecule has 0 bridgehead atoms. The minimum absolute atomic E-state index is 0.00387. The Balaban J connectivity index is 2.82. The van der Waals surface area contributed by atoms with Crippen LogP contribution in [0.3, 0.4) is 0 Å². The highest BCUT2D eigenvalue weighted by molar-refractivity contribution is 7.89. The minimum Gasteiger partial charge on any atom is -0.490 e. The van der Waals surface area contributed by atoms with E-state index in [-0.39, 0.29) is 43.2 Å². The lowest BCUT2D eigenvalue weighted by atomic mass is 10.3. The van der Waals surface area contributed by atoms with Crippen molar-refractivity contribution in [2.75, 3.05) is 26.9 Å². The number of methoxy groups -OCH3 is 1. The number of ether oxygens (including phenoxy) is 2. The van der Waals surface area contributed by atoms with Crippen molar-refractivity contribution in [3.8, 4) is 5.75 Å². The molecule has 0 saturated heterocycles. The fourth-order valence-electron chi connectivity index (χ4n) is 1.57. The molecule has 124 valence electrons. The molecule has 0 aromatic heterocycles. The van der Waals surface area contributed by atoms with Crippen LogP contribution in [0.1, 0.15) is 12.8 Å². The number of aliphatic carboxylic acids is 1. The molecule has 22 heavy (non-hydrogen) atoms. The molecule has 1 aromatic rings. The number of hydrogen-bond acceptors (Lipinski definition) is 5. The number of halogens is 1. The number of sulfonamides is 1. The van der Waals surface area contributed by atoms with E-state index in [9.17, 15) is 17.6 Å². The van der Waals surface area contributed by atoms with Crippen molar-refractivity contribution in [3.63, 3.8) is 0 Å². The molecule has 1 rings (SSSR count). The third kappa shape index (κ3) is 5.96. The van der Waals surface area contributed by atoms with Gasteiger partial charge in [0.15, 0.2) is 0 Å². The lowest BCUT2D eigenvalue weighted by Crippen LogP contribution is -2.26. The van der Waals surface area contributed by atoms with Gasteiger partial charge in [0.05, 0.1) is 6.61 Å². The zero-order valence-electron chi connectivity index (χ0n) is 12.0. The summed E-state index contributed by atoms with van der Waals surface area (Å²) in [6.45, 7) is 0.301. The Hall–Kier alpha value is -1.71. The highest BCUT2D eigenvalue weighted by Crippen LogP contribution is 2.24. The predicted octanol–water partition coefficient (Wildman–Crippen LogP) is 0.994. The van der Waals surface area contributed by atoms with Gasteiger partial charge in [-0.25, -0.2) is 17.5 Å². The molecular weight excluding hydrogens is 317 g/mol. The van der Waals surface area contributed by atoms with Crippen molar-refractivity contribution in [1.29, 1.82) is 0 Å². The number of nitrogens with one attached hydrogen (secondary N) is 1. The van der Waals surface area contributed by atoms with E-state index in [1.807, 2.05) is 0 Å². The Morgan fingerprint density at radius 3 is 2.73 bits per heavy atom. The van der Waals surface area contributed by atoms with Crippen LogP contribution in [0, 0.1) is 5.82 Å². The average Bonchev–Trinajstić information content (AvgIpc) is 2.45. The Morgan fingerprint density at radius 1 is 1.36 bits per heavy atom. The second kappa shape index (κ2) is 8.66. The van der Waals surface area contributed by atoms with E-state index in [4.69, 9.17) is 14.6 Å². The molecule has 0 heterocycles. The first-order valence-corrected chi connectivity index (χ1v) is 7.98. The Morgan fingerprint density at radius 2 is 2.09 bits per heavy atom. The standard InChI is InChI=1S/C13H18FNO6S/c1-20-7-8-21-11-5-4-10(14)9-12(11)22(18,19)15-6-2-3-13(16)17/h4-5,9,15H,2-3,6-8H2,1H3,(H,16,17). The fourth-order valence-corrected chi connectivity index (χ4v) is 2.80. The van der Waals surface area contributed by atoms with Crippen molar-refractivity contribution < 1.29 is 32.2 Å².